The predicted molar refractivity (Wildman–Crippen MR) is 105 cm³/mol. The van der Waals surface area contributed by atoms with Crippen LogP contribution >= 0.6 is 11.6 Å². The maximum Gasteiger partial charge on any atom is 0.270 e. The maximum absolute atomic E-state index is 12.9. The largest absolute Gasteiger partial charge is 0.384 e. The molecule has 2 heterocycles. The highest BCUT2D eigenvalue weighted by atomic mass is 35.5. The number of halogens is 2. The summed E-state index contributed by atoms with van der Waals surface area (Å²) in [5.74, 6) is -3.14. The summed E-state index contributed by atoms with van der Waals surface area (Å²) >= 11 is 5.02. The fourth-order valence-electron chi connectivity index (χ4n) is 3.42. The van der Waals surface area contributed by atoms with Crippen LogP contribution < -0.4 is 16.0 Å². The molecule has 0 radical (unpaired) electrons. The summed E-state index contributed by atoms with van der Waals surface area (Å²) in [6.07, 6.45) is 1.29. The van der Waals surface area contributed by atoms with E-state index in [9.17, 15) is 28.4 Å². The quantitative estimate of drug-likeness (QED) is 0.315. The van der Waals surface area contributed by atoms with Crippen molar-refractivity contribution in [1.29, 1.82) is 0 Å². The Morgan fingerprint density at radius 2 is 1.93 bits per heavy atom. The van der Waals surface area contributed by atoms with Crippen molar-refractivity contribution < 1.29 is 28.4 Å². The van der Waals surface area contributed by atoms with Crippen LogP contribution in [0.4, 0.5) is 10.1 Å². The number of nitrogens with zero attached hydrogens (tertiary/aromatic N) is 1. The van der Waals surface area contributed by atoms with Crippen LogP contribution in [-0.2, 0) is 14.4 Å². The first-order valence-electron chi connectivity index (χ1n) is 9.45. The molecule has 30 heavy (non-hydrogen) atoms. The first kappa shape index (κ1) is 21.7. The number of alkyl halides is 2. The summed E-state index contributed by atoms with van der Waals surface area (Å²) in [5, 5.41) is 7.58. The summed E-state index contributed by atoms with van der Waals surface area (Å²) in [5.41, 5.74) is -1.25. The summed E-state index contributed by atoms with van der Waals surface area (Å²) in [6, 6.07) is 3.78. The molecule has 2 unspecified atom stereocenters. The van der Waals surface area contributed by atoms with Crippen LogP contribution in [0, 0.1) is 0 Å². The molecular formula is C19H20ClFN4O5. The Kier molecular flexibility index (Phi) is 6.66. The van der Waals surface area contributed by atoms with Gasteiger partial charge in [0.2, 0.25) is 11.8 Å². The highest BCUT2D eigenvalue weighted by Gasteiger charge is 2.45. The van der Waals surface area contributed by atoms with Gasteiger partial charge in [-0.1, -0.05) is 17.7 Å². The van der Waals surface area contributed by atoms with Gasteiger partial charge in [-0.15, -0.1) is 0 Å². The van der Waals surface area contributed by atoms with Crippen molar-refractivity contribution in [2.45, 2.75) is 37.4 Å². The van der Waals surface area contributed by atoms with E-state index in [2.05, 4.69) is 16.0 Å². The Bertz CT molecular complexity index is 907. The fourth-order valence-corrected chi connectivity index (χ4v) is 3.50. The molecule has 3 rings (SSSR count). The molecule has 0 bridgehead atoms. The van der Waals surface area contributed by atoms with Gasteiger partial charge in [0.25, 0.3) is 23.4 Å². The van der Waals surface area contributed by atoms with Crippen LogP contribution in [0.1, 0.15) is 46.4 Å². The molecule has 1 saturated heterocycles. The molecule has 1 aromatic rings. The van der Waals surface area contributed by atoms with E-state index in [1.807, 2.05) is 0 Å². The number of imide groups is 2. The van der Waals surface area contributed by atoms with E-state index >= 15 is 0 Å². The normalized spacial score (nSPS) is 19.4. The SMILES string of the molecule is O=C1CCC(N2C(=O)c3cccc(NCCCCNC(=O)C(F)Cl)c3C2=O)C(=O)N1. The second kappa shape index (κ2) is 9.21. The van der Waals surface area contributed by atoms with E-state index in [0.717, 1.165) is 4.90 Å². The first-order chi connectivity index (χ1) is 14.3. The van der Waals surface area contributed by atoms with Gasteiger partial charge in [0, 0.05) is 25.2 Å². The molecule has 0 spiro atoms. The third-order valence-electron chi connectivity index (χ3n) is 4.88. The van der Waals surface area contributed by atoms with Gasteiger partial charge >= 0.3 is 0 Å². The Morgan fingerprint density at radius 3 is 2.63 bits per heavy atom. The standard InChI is InChI=1S/C19H20ClFN4O5/c20-15(21)17(28)23-9-2-1-8-22-11-5-3-4-10-14(11)19(30)25(18(10)29)12-6-7-13(26)24-16(12)27/h3-5,12,15,22H,1-2,6-9H2,(H,23,28)(H,24,26,27). The number of hydrogen-bond acceptors (Lipinski definition) is 6. The van der Waals surface area contributed by atoms with E-state index in [1.165, 1.54) is 6.07 Å². The minimum atomic E-state index is -2.08. The Balaban J connectivity index is 1.62. The monoisotopic (exact) mass is 438 g/mol. The van der Waals surface area contributed by atoms with E-state index in [4.69, 9.17) is 11.6 Å². The van der Waals surface area contributed by atoms with Gasteiger partial charge < -0.3 is 10.6 Å². The van der Waals surface area contributed by atoms with Gasteiger partial charge in [-0.3, -0.25) is 34.2 Å². The highest BCUT2D eigenvalue weighted by Crippen LogP contribution is 2.32. The first-order valence-corrected chi connectivity index (χ1v) is 9.89. The third kappa shape index (κ3) is 4.43. The van der Waals surface area contributed by atoms with Crippen molar-refractivity contribution in [3.05, 3.63) is 29.3 Å². The number of hydrogen-bond donors (Lipinski definition) is 3. The predicted octanol–water partition coefficient (Wildman–Crippen LogP) is 0.930. The van der Waals surface area contributed by atoms with Crippen LogP contribution in [0.2, 0.25) is 0 Å². The lowest BCUT2D eigenvalue weighted by Gasteiger charge is -2.27. The van der Waals surface area contributed by atoms with Crippen LogP contribution in [0.5, 0.6) is 0 Å². The molecule has 3 N–H and O–H groups in total. The zero-order valence-corrected chi connectivity index (χ0v) is 16.6. The smallest absolute Gasteiger partial charge is 0.270 e. The summed E-state index contributed by atoms with van der Waals surface area (Å²) in [7, 11) is 0. The lowest BCUT2D eigenvalue weighted by Crippen LogP contribution is -2.54. The second-order valence-corrected chi connectivity index (χ2v) is 7.28. The van der Waals surface area contributed by atoms with Crippen molar-refractivity contribution in [3.8, 4) is 0 Å². The average molecular weight is 439 g/mol. The summed E-state index contributed by atoms with van der Waals surface area (Å²) < 4.78 is 12.5. The minimum Gasteiger partial charge on any atom is -0.384 e. The molecule has 5 amide bonds. The minimum absolute atomic E-state index is 0.0539. The van der Waals surface area contributed by atoms with Crippen molar-refractivity contribution in [2.75, 3.05) is 18.4 Å². The molecule has 1 fully saturated rings. The van der Waals surface area contributed by atoms with E-state index < -0.39 is 41.2 Å². The Labute approximate surface area is 176 Å². The summed E-state index contributed by atoms with van der Waals surface area (Å²) in [4.78, 5) is 61.1. The molecule has 9 nitrogen and oxygen atoms in total. The number of amides is 5. The molecule has 0 saturated carbocycles. The number of unbranched alkanes of at least 4 members (excludes halogenated alkanes) is 1. The zero-order valence-electron chi connectivity index (χ0n) is 15.9. The Hall–Kier alpha value is -3.01. The maximum atomic E-state index is 12.9. The summed E-state index contributed by atoms with van der Waals surface area (Å²) in [6.45, 7) is 0.688. The van der Waals surface area contributed by atoms with Crippen molar-refractivity contribution in [3.63, 3.8) is 0 Å². The molecule has 11 heteroatoms. The number of carbonyl (C=O) groups excluding carboxylic acids is 5. The lowest BCUT2D eigenvalue weighted by atomic mass is 10.0. The van der Waals surface area contributed by atoms with Crippen molar-refractivity contribution >= 4 is 46.8 Å². The van der Waals surface area contributed by atoms with E-state index in [0.29, 0.717) is 25.1 Å². The number of benzene rings is 1. The van der Waals surface area contributed by atoms with Gasteiger partial charge in [0.1, 0.15) is 6.04 Å². The van der Waals surface area contributed by atoms with Crippen LogP contribution in [0.25, 0.3) is 0 Å². The number of anilines is 1. The molecule has 160 valence electrons. The van der Waals surface area contributed by atoms with Crippen LogP contribution in [-0.4, -0.2) is 59.2 Å². The van der Waals surface area contributed by atoms with Gasteiger partial charge in [0.05, 0.1) is 11.1 Å². The van der Waals surface area contributed by atoms with Gasteiger partial charge in [-0.05, 0) is 31.4 Å². The molecule has 2 atom stereocenters. The van der Waals surface area contributed by atoms with Crippen molar-refractivity contribution in [2.24, 2.45) is 0 Å². The van der Waals surface area contributed by atoms with E-state index in [1.54, 1.807) is 12.1 Å². The lowest BCUT2D eigenvalue weighted by molar-refractivity contribution is -0.136. The number of rotatable bonds is 8. The van der Waals surface area contributed by atoms with Crippen LogP contribution in [0.3, 0.4) is 0 Å². The van der Waals surface area contributed by atoms with Crippen LogP contribution in [0.15, 0.2) is 18.2 Å². The molecular weight excluding hydrogens is 419 g/mol. The second-order valence-electron chi connectivity index (χ2n) is 6.90. The molecule has 0 aliphatic carbocycles. The molecule has 1 aromatic carbocycles. The molecule has 0 aromatic heterocycles. The van der Waals surface area contributed by atoms with Crippen molar-refractivity contribution in [1.82, 2.24) is 15.5 Å². The molecule has 2 aliphatic rings. The van der Waals surface area contributed by atoms with Gasteiger partial charge in [-0.25, -0.2) is 4.39 Å². The van der Waals surface area contributed by atoms with Gasteiger partial charge in [0.15, 0.2) is 0 Å². The topological polar surface area (TPSA) is 125 Å². The number of fused-ring (bicyclic) bond motifs is 1. The number of nitrogens with one attached hydrogen (secondary N) is 3. The van der Waals surface area contributed by atoms with Gasteiger partial charge in [-0.2, -0.15) is 0 Å². The van der Waals surface area contributed by atoms with E-state index in [-0.39, 0.29) is 30.5 Å². The average Bonchev–Trinajstić information content (AvgIpc) is 2.96. The third-order valence-corrected chi connectivity index (χ3v) is 5.08. The fraction of sp³-hybridized carbons (Fsp3) is 0.421. The Morgan fingerprint density at radius 1 is 1.20 bits per heavy atom. The highest BCUT2D eigenvalue weighted by molar-refractivity contribution is 6.29. The molecule has 2 aliphatic heterocycles. The zero-order chi connectivity index (χ0) is 21.8. The number of piperidine rings is 1. The number of carbonyl (C=O) groups is 5.